The zero-order valence-electron chi connectivity index (χ0n) is 9.76. The Labute approximate surface area is 114 Å². The summed E-state index contributed by atoms with van der Waals surface area (Å²) in [6.07, 6.45) is 3.26. The number of hydrogen-bond donors (Lipinski definition) is 1. The van der Waals surface area contributed by atoms with Crippen molar-refractivity contribution in [3.05, 3.63) is 45.9 Å². The van der Waals surface area contributed by atoms with E-state index in [1.807, 2.05) is 12.1 Å². The molecular formula is C12H12ClN3OS. The lowest BCUT2D eigenvalue weighted by Crippen LogP contribution is -2.30. The number of rotatable bonds is 3. The third-order valence-electron chi connectivity index (χ3n) is 2.28. The monoisotopic (exact) mass is 281 g/mol. The van der Waals surface area contributed by atoms with Gasteiger partial charge in [0.1, 0.15) is 0 Å². The number of nitrogens with one attached hydrogen (secondary N) is 1. The van der Waals surface area contributed by atoms with Gasteiger partial charge in [-0.05, 0) is 24.3 Å². The number of urea groups is 1. The maximum Gasteiger partial charge on any atom is 0.321 e. The first-order valence-electron chi connectivity index (χ1n) is 5.31. The molecule has 0 atom stereocenters. The molecule has 0 unspecified atom stereocenters. The fraction of sp³-hybridized carbons (Fsp3) is 0.167. The molecule has 1 N–H and O–H groups in total. The molecule has 0 aliphatic rings. The molecule has 2 aromatic heterocycles. The molecule has 0 aromatic carbocycles. The molecule has 0 aliphatic heterocycles. The molecule has 4 nitrogen and oxygen atoms in total. The average molecular weight is 282 g/mol. The van der Waals surface area contributed by atoms with Gasteiger partial charge in [-0.25, -0.2) is 4.79 Å². The Balaban J connectivity index is 1.93. The Morgan fingerprint density at radius 2 is 2.33 bits per heavy atom. The van der Waals surface area contributed by atoms with E-state index in [1.54, 1.807) is 36.5 Å². The Bertz CT molecular complexity index is 529. The van der Waals surface area contributed by atoms with E-state index in [2.05, 4.69) is 10.3 Å². The van der Waals surface area contributed by atoms with Gasteiger partial charge in [0.05, 0.1) is 22.8 Å². The summed E-state index contributed by atoms with van der Waals surface area (Å²) in [4.78, 5) is 18.5. The predicted molar refractivity (Wildman–Crippen MR) is 74.1 cm³/mol. The zero-order valence-corrected chi connectivity index (χ0v) is 11.3. The second-order valence-corrected chi connectivity index (χ2v) is 5.53. The van der Waals surface area contributed by atoms with E-state index >= 15 is 0 Å². The highest BCUT2D eigenvalue weighted by Crippen LogP contribution is 2.22. The highest BCUT2D eigenvalue weighted by atomic mass is 35.5. The maximum atomic E-state index is 11.9. The first kappa shape index (κ1) is 12.9. The Morgan fingerprint density at radius 3 is 2.94 bits per heavy atom. The van der Waals surface area contributed by atoms with Crippen LogP contribution in [0.5, 0.6) is 0 Å². The van der Waals surface area contributed by atoms with E-state index in [-0.39, 0.29) is 6.03 Å². The molecule has 94 valence electrons. The van der Waals surface area contributed by atoms with E-state index < -0.39 is 0 Å². The topological polar surface area (TPSA) is 45.2 Å². The summed E-state index contributed by atoms with van der Waals surface area (Å²) in [5.74, 6) is 0. The Kier molecular flexibility index (Phi) is 4.17. The average Bonchev–Trinajstić information content (AvgIpc) is 2.76. The maximum absolute atomic E-state index is 11.9. The van der Waals surface area contributed by atoms with Crippen LogP contribution in [0.25, 0.3) is 0 Å². The molecule has 0 saturated heterocycles. The number of carbonyl (C=O) groups is 1. The molecule has 6 heteroatoms. The highest BCUT2D eigenvalue weighted by Gasteiger charge is 2.10. The van der Waals surface area contributed by atoms with Crippen molar-refractivity contribution in [2.45, 2.75) is 6.54 Å². The Morgan fingerprint density at radius 1 is 1.50 bits per heavy atom. The first-order valence-corrected chi connectivity index (χ1v) is 6.51. The van der Waals surface area contributed by atoms with Crippen molar-refractivity contribution in [2.24, 2.45) is 0 Å². The number of hydrogen-bond acceptors (Lipinski definition) is 3. The van der Waals surface area contributed by atoms with E-state index in [0.29, 0.717) is 12.2 Å². The van der Waals surface area contributed by atoms with Crippen LogP contribution in [-0.2, 0) is 6.54 Å². The van der Waals surface area contributed by atoms with Crippen LogP contribution in [0.4, 0.5) is 10.5 Å². The molecule has 0 spiro atoms. The van der Waals surface area contributed by atoms with Gasteiger partial charge >= 0.3 is 6.03 Å². The van der Waals surface area contributed by atoms with Crippen LogP contribution in [0.15, 0.2) is 36.7 Å². The van der Waals surface area contributed by atoms with Crippen LogP contribution in [0.3, 0.4) is 0 Å². The highest BCUT2D eigenvalue weighted by molar-refractivity contribution is 7.16. The number of carbonyl (C=O) groups excluding carboxylic acids is 1. The molecule has 0 fully saturated rings. The second kappa shape index (κ2) is 5.84. The van der Waals surface area contributed by atoms with Crippen LogP contribution in [-0.4, -0.2) is 23.0 Å². The van der Waals surface area contributed by atoms with Gasteiger partial charge in [0, 0.05) is 18.1 Å². The summed E-state index contributed by atoms with van der Waals surface area (Å²) in [6.45, 7) is 0.531. The molecular weight excluding hydrogens is 270 g/mol. The molecule has 0 saturated carbocycles. The third-order valence-corrected chi connectivity index (χ3v) is 3.50. The van der Waals surface area contributed by atoms with Crippen molar-refractivity contribution < 1.29 is 4.79 Å². The van der Waals surface area contributed by atoms with E-state index in [9.17, 15) is 4.79 Å². The molecule has 18 heavy (non-hydrogen) atoms. The minimum Gasteiger partial charge on any atom is -0.322 e. The molecule has 2 heterocycles. The number of halogens is 1. The van der Waals surface area contributed by atoms with Crippen LogP contribution in [0, 0.1) is 0 Å². The molecule has 0 bridgehead atoms. The summed E-state index contributed by atoms with van der Waals surface area (Å²) in [5, 5.41) is 2.76. The number of amides is 2. The van der Waals surface area contributed by atoms with Crippen molar-refractivity contribution in [2.75, 3.05) is 12.4 Å². The van der Waals surface area contributed by atoms with Gasteiger partial charge in [-0.15, -0.1) is 11.3 Å². The van der Waals surface area contributed by atoms with Crippen molar-refractivity contribution in [3.8, 4) is 0 Å². The van der Waals surface area contributed by atoms with Crippen LogP contribution in [0.2, 0.25) is 4.34 Å². The standard InChI is InChI=1S/C12H12ClN3OS/c1-16(8-10-4-5-11(13)18-10)12(17)15-9-3-2-6-14-7-9/h2-7H,8H2,1H3,(H,15,17). The smallest absolute Gasteiger partial charge is 0.321 e. The summed E-state index contributed by atoms with van der Waals surface area (Å²) >= 11 is 7.32. The number of anilines is 1. The van der Waals surface area contributed by atoms with Crippen molar-refractivity contribution >= 4 is 34.7 Å². The summed E-state index contributed by atoms with van der Waals surface area (Å²) < 4.78 is 0.728. The van der Waals surface area contributed by atoms with Crippen molar-refractivity contribution in [1.29, 1.82) is 0 Å². The van der Waals surface area contributed by atoms with Gasteiger partial charge in [0.15, 0.2) is 0 Å². The first-order chi connectivity index (χ1) is 8.65. The molecule has 0 aliphatic carbocycles. The number of pyridine rings is 1. The van der Waals surface area contributed by atoms with Crippen molar-refractivity contribution in [3.63, 3.8) is 0 Å². The molecule has 0 radical (unpaired) electrons. The largest absolute Gasteiger partial charge is 0.322 e. The number of thiophene rings is 1. The lowest BCUT2D eigenvalue weighted by molar-refractivity contribution is 0.221. The third kappa shape index (κ3) is 3.45. The minimum absolute atomic E-state index is 0.174. The quantitative estimate of drug-likeness (QED) is 0.936. The summed E-state index contributed by atoms with van der Waals surface area (Å²) in [5.41, 5.74) is 0.679. The molecule has 2 amide bonds. The van der Waals surface area contributed by atoms with Gasteiger partial charge in [0.2, 0.25) is 0 Å². The number of nitrogens with zero attached hydrogens (tertiary/aromatic N) is 2. The summed E-state index contributed by atoms with van der Waals surface area (Å²) in [7, 11) is 1.74. The van der Waals surface area contributed by atoms with Gasteiger partial charge in [-0.1, -0.05) is 11.6 Å². The van der Waals surface area contributed by atoms with E-state index in [1.165, 1.54) is 11.3 Å². The zero-order chi connectivity index (χ0) is 13.0. The van der Waals surface area contributed by atoms with Gasteiger partial charge in [0.25, 0.3) is 0 Å². The Hall–Kier alpha value is -1.59. The summed E-state index contributed by atoms with van der Waals surface area (Å²) in [6, 6.07) is 7.14. The van der Waals surface area contributed by atoms with Gasteiger partial charge in [-0.3, -0.25) is 4.98 Å². The van der Waals surface area contributed by atoms with Gasteiger partial charge < -0.3 is 10.2 Å². The van der Waals surface area contributed by atoms with Crippen molar-refractivity contribution in [1.82, 2.24) is 9.88 Å². The van der Waals surface area contributed by atoms with Crippen LogP contribution < -0.4 is 5.32 Å². The van der Waals surface area contributed by atoms with Crippen LogP contribution in [0.1, 0.15) is 4.88 Å². The number of aromatic nitrogens is 1. The minimum atomic E-state index is -0.174. The SMILES string of the molecule is CN(Cc1ccc(Cl)s1)C(=O)Nc1cccnc1. The van der Waals surface area contributed by atoms with E-state index in [0.717, 1.165) is 9.21 Å². The van der Waals surface area contributed by atoms with E-state index in [4.69, 9.17) is 11.6 Å². The lowest BCUT2D eigenvalue weighted by Gasteiger charge is -2.16. The fourth-order valence-corrected chi connectivity index (χ4v) is 2.54. The molecule has 2 aromatic rings. The second-order valence-electron chi connectivity index (χ2n) is 3.73. The predicted octanol–water partition coefficient (Wildman–Crippen LogP) is 3.46. The van der Waals surface area contributed by atoms with Gasteiger partial charge in [-0.2, -0.15) is 0 Å². The van der Waals surface area contributed by atoms with Crippen LogP contribution >= 0.6 is 22.9 Å². The normalized spacial score (nSPS) is 10.1. The molecule has 2 rings (SSSR count). The lowest BCUT2D eigenvalue weighted by atomic mass is 10.4. The fourth-order valence-electron chi connectivity index (χ4n) is 1.40.